The van der Waals surface area contributed by atoms with Crippen LogP contribution in [0.2, 0.25) is 0 Å². The molecule has 7 heteroatoms. The van der Waals surface area contributed by atoms with Crippen molar-refractivity contribution in [3.05, 3.63) is 47.7 Å². The molecule has 2 aromatic rings. The molecular weight excluding hydrogens is 258 g/mol. The van der Waals surface area contributed by atoms with E-state index in [1.807, 2.05) is 13.8 Å². The highest BCUT2D eigenvalue weighted by atomic mass is 16.7. The number of pyridine rings is 1. The SMILES string of the molecule is Cc1cc(NCONC(=O)c2cccnc2)nc(C)n1. The summed E-state index contributed by atoms with van der Waals surface area (Å²) >= 11 is 0. The molecule has 0 bridgehead atoms. The average molecular weight is 273 g/mol. The van der Waals surface area contributed by atoms with Gasteiger partial charge in [0.25, 0.3) is 5.91 Å². The normalized spacial score (nSPS) is 10.1. The number of rotatable bonds is 5. The monoisotopic (exact) mass is 273 g/mol. The maximum absolute atomic E-state index is 11.6. The molecule has 0 aromatic carbocycles. The summed E-state index contributed by atoms with van der Waals surface area (Å²) in [5.41, 5.74) is 3.61. The highest BCUT2D eigenvalue weighted by Crippen LogP contribution is 2.04. The first kappa shape index (κ1) is 13.9. The van der Waals surface area contributed by atoms with Crippen molar-refractivity contribution in [3.8, 4) is 0 Å². The second-order valence-electron chi connectivity index (χ2n) is 4.08. The molecule has 0 aliphatic heterocycles. The third-order valence-corrected chi connectivity index (χ3v) is 2.38. The van der Waals surface area contributed by atoms with E-state index < -0.39 is 0 Å². The number of amides is 1. The molecular formula is C13H15N5O2. The largest absolute Gasteiger partial charge is 0.345 e. The minimum atomic E-state index is -0.352. The van der Waals surface area contributed by atoms with E-state index in [1.165, 1.54) is 6.20 Å². The lowest BCUT2D eigenvalue weighted by Gasteiger charge is -2.08. The first-order valence-corrected chi connectivity index (χ1v) is 6.03. The van der Waals surface area contributed by atoms with Gasteiger partial charge in [-0.15, -0.1) is 0 Å². The molecule has 0 spiro atoms. The lowest BCUT2D eigenvalue weighted by molar-refractivity contribution is 0.0382. The van der Waals surface area contributed by atoms with Gasteiger partial charge in [0.15, 0.2) is 0 Å². The summed E-state index contributed by atoms with van der Waals surface area (Å²) in [6.45, 7) is 3.79. The average Bonchev–Trinajstić information content (AvgIpc) is 2.43. The van der Waals surface area contributed by atoms with Gasteiger partial charge in [-0.1, -0.05) is 0 Å². The number of carbonyl (C=O) groups is 1. The summed E-state index contributed by atoms with van der Waals surface area (Å²) in [6, 6.07) is 5.12. The standard InChI is InChI=1S/C13H15N5O2/c1-9-6-12(17-10(2)16-9)15-8-20-18-13(19)11-4-3-5-14-7-11/h3-7H,8H2,1-2H3,(H,18,19)(H,15,16,17). The highest BCUT2D eigenvalue weighted by Gasteiger charge is 2.04. The lowest BCUT2D eigenvalue weighted by Crippen LogP contribution is -2.26. The summed E-state index contributed by atoms with van der Waals surface area (Å²) in [5.74, 6) is 0.965. The van der Waals surface area contributed by atoms with Gasteiger partial charge in [0.2, 0.25) is 0 Å². The fraction of sp³-hybridized carbons (Fsp3) is 0.231. The number of aryl methyl sites for hydroxylation is 2. The molecule has 104 valence electrons. The van der Waals surface area contributed by atoms with Crippen molar-refractivity contribution >= 4 is 11.7 Å². The number of hydrogen-bond acceptors (Lipinski definition) is 6. The number of aromatic nitrogens is 3. The van der Waals surface area contributed by atoms with Crippen LogP contribution in [0.4, 0.5) is 5.82 Å². The smallest absolute Gasteiger partial charge is 0.276 e. The van der Waals surface area contributed by atoms with Gasteiger partial charge in [-0.25, -0.2) is 15.4 Å². The van der Waals surface area contributed by atoms with Gasteiger partial charge in [-0.3, -0.25) is 14.6 Å². The van der Waals surface area contributed by atoms with E-state index in [4.69, 9.17) is 4.84 Å². The summed E-state index contributed by atoms with van der Waals surface area (Å²) in [4.78, 5) is 28.9. The number of anilines is 1. The van der Waals surface area contributed by atoms with Crippen molar-refractivity contribution in [1.29, 1.82) is 0 Å². The molecule has 0 aliphatic carbocycles. The van der Waals surface area contributed by atoms with Crippen LogP contribution in [0.1, 0.15) is 21.9 Å². The van der Waals surface area contributed by atoms with E-state index in [-0.39, 0.29) is 12.6 Å². The van der Waals surface area contributed by atoms with Crippen molar-refractivity contribution in [1.82, 2.24) is 20.4 Å². The fourth-order valence-corrected chi connectivity index (χ4v) is 1.58. The quantitative estimate of drug-likeness (QED) is 0.483. The molecule has 20 heavy (non-hydrogen) atoms. The van der Waals surface area contributed by atoms with Crippen LogP contribution in [0.25, 0.3) is 0 Å². The zero-order valence-corrected chi connectivity index (χ0v) is 11.3. The third-order valence-electron chi connectivity index (χ3n) is 2.38. The summed E-state index contributed by atoms with van der Waals surface area (Å²) in [5, 5.41) is 2.93. The topological polar surface area (TPSA) is 89.0 Å². The van der Waals surface area contributed by atoms with Crippen LogP contribution in [0, 0.1) is 13.8 Å². The molecule has 2 rings (SSSR count). The van der Waals surface area contributed by atoms with E-state index in [0.29, 0.717) is 17.2 Å². The van der Waals surface area contributed by atoms with Gasteiger partial charge in [0, 0.05) is 24.2 Å². The van der Waals surface area contributed by atoms with E-state index in [9.17, 15) is 4.79 Å². The molecule has 0 aliphatic rings. The van der Waals surface area contributed by atoms with Gasteiger partial charge >= 0.3 is 0 Å². The van der Waals surface area contributed by atoms with Crippen LogP contribution in [0.5, 0.6) is 0 Å². The Kier molecular flexibility index (Phi) is 4.56. The third kappa shape index (κ3) is 3.99. The Hall–Kier alpha value is -2.54. The molecule has 1 amide bonds. The van der Waals surface area contributed by atoms with Gasteiger partial charge < -0.3 is 5.32 Å². The van der Waals surface area contributed by atoms with Crippen molar-refractivity contribution in [2.45, 2.75) is 13.8 Å². The Balaban J connectivity index is 1.78. The Bertz CT molecular complexity index is 568. The Labute approximate surface area is 116 Å². The van der Waals surface area contributed by atoms with Crippen LogP contribution in [0.3, 0.4) is 0 Å². The molecule has 0 fully saturated rings. The molecule has 0 saturated carbocycles. The number of nitrogens with one attached hydrogen (secondary N) is 2. The van der Waals surface area contributed by atoms with Crippen LogP contribution in [-0.4, -0.2) is 27.6 Å². The number of carbonyl (C=O) groups excluding carboxylic acids is 1. The van der Waals surface area contributed by atoms with Crippen LogP contribution in [-0.2, 0) is 4.84 Å². The summed E-state index contributed by atoms with van der Waals surface area (Å²) in [7, 11) is 0. The predicted molar refractivity (Wildman–Crippen MR) is 72.8 cm³/mol. The van der Waals surface area contributed by atoms with E-state index >= 15 is 0 Å². The summed E-state index contributed by atoms with van der Waals surface area (Å²) in [6.07, 6.45) is 3.06. The van der Waals surface area contributed by atoms with Crippen molar-refractivity contribution < 1.29 is 9.63 Å². The van der Waals surface area contributed by atoms with Crippen LogP contribution >= 0.6 is 0 Å². The second-order valence-corrected chi connectivity index (χ2v) is 4.08. The van der Waals surface area contributed by atoms with Gasteiger partial charge in [0.05, 0.1) is 5.56 Å². The first-order valence-electron chi connectivity index (χ1n) is 6.03. The molecule has 0 radical (unpaired) electrons. The van der Waals surface area contributed by atoms with E-state index in [0.717, 1.165) is 5.69 Å². The number of hydroxylamine groups is 1. The fourth-order valence-electron chi connectivity index (χ4n) is 1.58. The first-order chi connectivity index (χ1) is 9.65. The predicted octanol–water partition coefficient (Wildman–Crippen LogP) is 1.22. The van der Waals surface area contributed by atoms with E-state index in [2.05, 4.69) is 25.7 Å². The maximum atomic E-state index is 11.6. The Morgan fingerprint density at radius 2 is 2.20 bits per heavy atom. The molecule has 0 saturated heterocycles. The maximum Gasteiger partial charge on any atom is 0.276 e. The van der Waals surface area contributed by atoms with Crippen LogP contribution in [0.15, 0.2) is 30.6 Å². The Morgan fingerprint density at radius 3 is 2.90 bits per heavy atom. The van der Waals surface area contributed by atoms with Crippen molar-refractivity contribution in [2.75, 3.05) is 12.0 Å². The van der Waals surface area contributed by atoms with Gasteiger partial charge in [-0.2, -0.15) is 0 Å². The minimum absolute atomic E-state index is 0.0991. The molecule has 7 nitrogen and oxygen atoms in total. The van der Waals surface area contributed by atoms with Crippen LogP contribution < -0.4 is 10.8 Å². The molecule has 0 atom stereocenters. The molecule has 2 aromatic heterocycles. The number of hydrogen-bond donors (Lipinski definition) is 2. The molecule has 0 unspecified atom stereocenters. The molecule has 2 N–H and O–H groups in total. The lowest BCUT2D eigenvalue weighted by atomic mass is 10.3. The number of nitrogens with zero attached hydrogens (tertiary/aromatic N) is 3. The Morgan fingerprint density at radius 1 is 1.35 bits per heavy atom. The van der Waals surface area contributed by atoms with Crippen molar-refractivity contribution in [2.24, 2.45) is 0 Å². The summed E-state index contributed by atoms with van der Waals surface area (Å²) < 4.78 is 0. The second kappa shape index (κ2) is 6.58. The zero-order chi connectivity index (χ0) is 14.4. The molecule has 2 heterocycles. The highest BCUT2D eigenvalue weighted by molar-refractivity contribution is 5.92. The van der Waals surface area contributed by atoms with Gasteiger partial charge in [-0.05, 0) is 26.0 Å². The minimum Gasteiger partial charge on any atom is -0.345 e. The van der Waals surface area contributed by atoms with Crippen molar-refractivity contribution in [3.63, 3.8) is 0 Å². The van der Waals surface area contributed by atoms with E-state index in [1.54, 1.807) is 24.4 Å². The van der Waals surface area contributed by atoms with Gasteiger partial charge in [0.1, 0.15) is 18.4 Å². The zero-order valence-electron chi connectivity index (χ0n) is 11.3.